The average molecular weight is 576 g/mol. The first kappa shape index (κ1) is 28.8. The Morgan fingerprint density at radius 2 is 1.37 bits per heavy atom. The first-order valence-electron chi connectivity index (χ1n) is 13.7. The monoisotopic (exact) mass is 575 g/mol. The molecule has 1 saturated heterocycles. The summed E-state index contributed by atoms with van der Waals surface area (Å²) in [5.41, 5.74) is 2.60. The Balaban J connectivity index is 1.44. The molecule has 4 aromatic carbocycles. The molecule has 216 valence electrons. The number of aryl methyl sites for hydroxylation is 1. The van der Waals surface area contributed by atoms with Crippen molar-refractivity contribution in [2.75, 3.05) is 28.3 Å². The maximum Gasteiger partial charge on any atom is 0.343 e. The van der Waals surface area contributed by atoms with E-state index in [-0.39, 0.29) is 18.1 Å². The van der Waals surface area contributed by atoms with E-state index in [2.05, 4.69) is 5.32 Å². The van der Waals surface area contributed by atoms with E-state index < -0.39 is 17.8 Å². The Morgan fingerprint density at radius 3 is 1.95 bits per heavy atom. The highest BCUT2D eigenvalue weighted by atomic mass is 16.5. The zero-order valence-corrected chi connectivity index (χ0v) is 23.7. The van der Waals surface area contributed by atoms with Gasteiger partial charge in [0.1, 0.15) is 5.57 Å². The van der Waals surface area contributed by atoms with Gasteiger partial charge in [0.05, 0.1) is 18.0 Å². The first-order valence-corrected chi connectivity index (χ1v) is 13.7. The van der Waals surface area contributed by atoms with Crippen molar-refractivity contribution in [3.05, 3.63) is 120 Å². The van der Waals surface area contributed by atoms with Crippen molar-refractivity contribution < 1.29 is 28.7 Å². The largest absolute Gasteiger partial charge is 0.490 e. The van der Waals surface area contributed by atoms with E-state index in [1.54, 1.807) is 91.9 Å². The van der Waals surface area contributed by atoms with Gasteiger partial charge < -0.3 is 14.8 Å². The Hall–Kier alpha value is -5.70. The quantitative estimate of drug-likeness (QED) is 0.194. The van der Waals surface area contributed by atoms with Gasteiger partial charge in [0.15, 0.2) is 18.1 Å². The number of barbiturate groups is 1. The third-order valence-corrected chi connectivity index (χ3v) is 6.52. The molecule has 0 saturated carbocycles. The minimum absolute atomic E-state index is 0.207. The van der Waals surface area contributed by atoms with Crippen LogP contribution in [0.3, 0.4) is 0 Å². The molecule has 0 radical (unpaired) electrons. The third kappa shape index (κ3) is 6.46. The predicted molar refractivity (Wildman–Crippen MR) is 164 cm³/mol. The van der Waals surface area contributed by atoms with Gasteiger partial charge in [-0.25, -0.2) is 14.6 Å². The lowest BCUT2D eigenvalue weighted by Crippen LogP contribution is -2.57. The molecule has 1 aliphatic rings. The third-order valence-electron chi connectivity index (χ3n) is 6.52. The van der Waals surface area contributed by atoms with Gasteiger partial charge in [-0.2, -0.15) is 0 Å². The van der Waals surface area contributed by atoms with Gasteiger partial charge in [-0.1, -0.05) is 54.6 Å². The average Bonchev–Trinajstić information content (AvgIpc) is 3.00. The summed E-state index contributed by atoms with van der Waals surface area (Å²) in [6.07, 6.45) is 1.42. The van der Waals surface area contributed by atoms with Crippen LogP contribution < -0.4 is 24.6 Å². The fraction of sp³-hybridized carbons (Fsp3) is 0.118. The number of nitrogens with one attached hydrogen (secondary N) is 1. The van der Waals surface area contributed by atoms with E-state index in [0.29, 0.717) is 40.7 Å². The molecule has 1 heterocycles. The molecule has 0 aromatic heterocycles. The lowest BCUT2D eigenvalue weighted by Gasteiger charge is -2.33. The lowest BCUT2D eigenvalue weighted by molar-refractivity contribution is -0.121. The van der Waals surface area contributed by atoms with Gasteiger partial charge >= 0.3 is 6.03 Å². The molecule has 4 aromatic rings. The summed E-state index contributed by atoms with van der Waals surface area (Å²) in [6.45, 7) is 3.78. The van der Waals surface area contributed by atoms with Gasteiger partial charge in [0.25, 0.3) is 17.7 Å². The number of anilines is 3. The van der Waals surface area contributed by atoms with Gasteiger partial charge in [-0.05, 0) is 79.6 Å². The number of benzene rings is 4. The summed E-state index contributed by atoms with van der Waals surface area (Å²) in [4.78, 5) is 55.2. The minimum atomic E-state index is -0.771. The highest BCUT2D eigenvalue weighted by Gasteiger charge is 2.43. The molecule has 0 aliphatic carbocycles. The molecule has 0 spiro atoms. The van der Waals surface area contributed by atoms with Crippen LogP contribution in [0.25, 0.3) is 6.08 Å². The summed E-state index contributed by atoms with van der Waals surface area (Å²) < 4.78 is 11.5. The van der Waals surface area contributed by atoms with Crippen LogP contribution in [0.2, 0.25) is 0 Å². The van der Waals surface area contributed by atoms with Crippen LogP contribution in [0.5, 0.6) is 11.5 Å². The van der Waals surface area contributed by atoms with Gasteiger partial charge in [-0.15, -0.1) is 0 Å². The van der Waals surface area contributed by atoms with Crippen molar-refractivity contribution in [2.45, 2.75) is 13.8 Å². The van der Waals surface area contributed by atoms with E-state index in [9.17, 15) is 19.2 Å². The van der Waals surface area contributed by atoms with Crippen molar-refractivity contribution in [1.29, 1.82) is 0 Å². The number of amides is 5. The van der Waals surface area contributed by atoms with E-state index in [1.165, 1.54) is 6.08 Å². The van der Waals surface area contributed by atoms with Crippen LogP contribution in [0.4, 0.5) is 21.9 Å². The summed E-state index contributed by atoms with van der Waals surface area (Å²) in [7, 11) is 0. The molecule has 0 atom stereocenters. The number of ether oxygens (including phenoxy) is 2. The van der Waals surface area contributed by atoms with Crippen molar-refractivity contribution in [1.82, 2.24) is 0 Å². The van der Waals surface area contributed by atoms with Crippen LogP contribution >= 0.6 is 0 Å². The second kappa shape index (κ2) is 12.9. The molecule has 1 aliphatic heterocycles. The van der Waals surface area contributed by atoms with Gasteiger partial charge in [0, 0.05) is 5.69 Å². The molecular weight excluding hydrogens is 546 g/mol. The van der Waals surface area contributed by atoms with Crippen molar-refractivity contribution >= 4 is 46.9 Å². The van der Waals surface area contributed by atoms with Crippen molar-refractivity contribution in [3.8, 4) is 11.5 Å². The number of carbonyl (C=O) groups is 4. The lowest BCUT2D eigenvalue weighted by atomic mass is 10.0. The van der Waals surface area contributed by atoms with Crippen LogP contribution in [0.1, 0.15) is 18.1 Å². The second-order valence-electron chi connectivity index (χ2n) is 9.64. The van der Waals surface area contributed by atoms with Crippen LogP contribution in [0.15, 0.2) is 109 Å². The first-order chi connectivity index (χ1) is 20.9. The summed E-state index contributed by atoms with van der Waals surface area (Å²) in [5, 5.41) is 2.79. The van der Waals surface area contributed by atoms with Gasteiger partial charge in [-0.3, -0.25) is 14.4 Å². The number of hydrogen-bond donors (Lipinski definition) is 1. The molecule has 43 heavy (non-hydrogen) atoms. The predicted octanol–water partition coefficient (Wildman–Crippen LogP) is 5.99. The van der Waals surface area contributed by atoms with Crippen LogP contribution in [-0.2, 0) is 14.4 Å². The highest BCUT2D eigenvalue weighted by molar-refractivity contribution is 6.46. The van der Waals surface area contributed by atoms with Crippen molar-refractivity contribution in [2.24, 2.45) is 0 Å². The number of nitrogens with zero attached hydrogens (tertiary/aromatic N) is 2. The fourth-order valence-corrected chi connectivity index (χ4v) is 4.57. The summed E-state index contributed by atoms with van der Waals surface area (Å²) in [5.74, 6) is -1.20. The molecular formula is C34H29N3O6. The molecule has 9 heteroatoms. The number of imide groups is 2. The topological polar surface area (TPSA) is 105 Å². The Kier molecular flexibility index (Phi) is 8.62. The van der Waals surface area contributed by atoms with E-state index >= 15 is 0 Å². The maximum absolute atomic E-state index is 13.6. The van der Waals surface area contributed by atoms with E-state index in [1.807, 2.05) is 25.1 Å². The molecule has 1 fully saturated rings. The maximum atomic E-state index is 13.6. The number of para-hydroxylation sites is 2. The molecule has 9 nitrogen and oxygen atoms in total. The smallest absolute Gasteiger partial charge is 0.343 e. The Labute approximate surface area is 248 Å². The van der Waals surface area contributed by atoms with Crippen LogP contribution in [0, 0.1) is 6.92 Å². The Morgan fingerprint density at radius 1 is 0.744 bits per heavy atom. The van der Waals surface area contributed by atoms with Gasteiger partial charge in [0.2, 0.25) is 0 Å². The number of urea groups is 1. The van der Waals surface area contributed by atoms with Crippen LogP contribution in [-0.4, -0.2) is 37.0 Å². The number of rotatable bonds is 9. The van der Waals surface area contributed by atoms with Crippen molar-refractivity contribution in [3.63, 3.8) is 0 Å². The SMILES string of the molecule is CCOc1cc(C=C2C(=O)N(c3ccccc3)C(=O)N(c3ccccc3)C2=O)ccc1OCC(=O)Nc1cccc(C)c1. The standard InChI is InChI=1S/C34H29N3O6/c1-3-42-30-21-24(17-18-29(30)43-22-31(38)35-25-12-10-11-23(2)19-25)20-28-32(39)36(26-13-6-4-7-14-26)34(41)37(33(28)40)27-15-8-5-9-16-27/h4-21H,3,22H2,1-2H3,(H,35,38). The summed E-state index contributed by atoms with van der Waals surface area (Å²) in [6, 6.07) is 28.4. The number of hydrogen-bond acceptors (Lipinski definition) is 6. The number of carbonyl (C=O) groups excluding carboxylic acids is 4. The van der Waals surface area contributed by atoms with E-state index in [4.69, 9.17) is 9.47 Å². The molecule has 1 N–H and O–H groups in total. The van der Waals surface area contributed by atoms with E-state index in [0.717, 1.165) is 15.4 Å². The minimum Gasteiger partial charge on any atom is -0.490 e. The zero-order chi connectivity index (χ0) is 30.3. The second-order valence-corrected chi connectivity index (χ2v) is 9.64. The molecule has 5 amide bonds. The fourth-order valence-electron chi connectivity index (χ4n) is 4.57. The Bertz CT molecular complexity index is 1640. The summed E-state index contributed by atoms with van der Waals surface area (Å²) >= 11 is 0. The molecule has 0 bridgehead atoms. The zero-order valence-electron chi connectivity index (χ0n) is 23.7. The molecule has 5 rings (SSSR count). The molecule has 0 unspecified atom stereocenters. The highest BCUT2D eigenvalue weighted by Crippen LogP contribution is 2.32. The normalized spacial score (nSPS) is 13.2.